The lowest BCUT2D eigenvalue weighted by molar-refractivity contribution is -0.0348. The summed E-state index contributed by atoms with van der Waals surface area (Å²) < 4.78 is 89.3. The minimum Gasteiger partial charge on any atom is -0.461 e. The number of aromatic nitrogens is 3. The summed E-state index contributed by atoms with van der Waals surface area (Å²) in [7, 11) is -4.49. The summed E-state index contributed by atoms with van der Waals surface area (Å²) in [6.45, 7) is 2.68. The lowest BCUT2D eigenvalue weighted by Crippen LogP contribution is -2.52. The lowest BCUT2D eigenvalue weighted by atomic mass is 9.95. The first-order chi connectivity index (χ1) is 23.1. The Kier molecular flexibility index (Phi) is 7.14. The molecule has 0 spiro atoms. The Bertz CT molecular complexity index is 1950. The van der Waals surface area contributed by atoms with Crippen molar-refractivity contribution in [2.24, 2.45) is 5.92 Å². The van der Waals surface area contributed by atoms with E-state index in [9.17, 15) is 17.2 Å². The number of hydrogen-bond donors (Lipinski definition) is 2. The summed E-state index contributed by atoms with van der Waals surface area (Å²) in [5, 5.41) is 3.61. The Labute approximate surface area is 279 Å². The van der Waals surface area contributed by atoms with Gasteiger partial charge in [-0.25, -0.2) is 26.6 Å². The Balaban J connectivity index is 1.23. The number of sulfonamides is 1. The maximum Gasteiger partial charge on any atom is 0.319 e. The summed E-state index contributed by atoms with van der Waals surface area (Å²) in [6.07, 6.45) is 2.85. The third kappa shape index (κ3) is 4.79. The largest absolute Gasteiger partial charge is 0.461 e. The average Bonchev–Trinajstić information content (AvgIpc) is 3.78. The molecular weight excluding hydrogens is 670 g/mol. The normalized spacial score (nSPS) is 29.9. The van der Waals surface area contributed by atoms with Gasteiger partial charge in [-0.05, 0) is 44.4 Å². The summed E-state index contributed by atoms with van der Waals surface area (Å²) in [5.74, 6) is -1.63. The fraction of sp³-hybridized carbons (Fsp3) is 0.581. The minimum atomic E-state index is -4.49. The van der Waals surface area contributed by atoms with Gasteiger partial charge in [0.25, 0.3) is 10.0 Å². The standard InChI is InChI=1S/C31H35F3N8O4S2/c32-17-8-31(6-1-7-41(31)10-17)15-46-30-38-24-22(34)25(20-4-5-21(33)26-23(20)37-29(35)47-26)42(9-16-13-45-14-16)48(43,44)27(24)28(39-30)40-11-18-2-3-19(12-40)36-18/h4-5,16-19,36H,1-3,6-15H2,(H2,35,37)/t17-,18?,19?,31+/m1/s1. The highest BCUT2D eigenvalue weighted by atomic mass is 32.2. The van der Waals surface area contributed by atoms with Crippen LogP contribution in [-0.2, 0) is 14.8 Å². The Morgan fingerprint density at radius 2 is 1.92 bits per heavy atom. The third-order valence-electron chi connectivity index (χ3n) is 10.7. The monoisotopic (exact) mass is 704 g/mol. The average molecular weight is 705 g/mol. The Morgan fingerprint density at radius 1 is 1.12 bits per heavy atom. The quantitative estimate of drug-likeness (QED) is 0.375. The number of nitrogens with zero attached hydrogens (tertiary/aromatic N) is 6. The van der Waals surface area contributed by atoms with Gasteiger partial charge in [0, 0.05) is 56.2 Å². The number of fused-ring (bicyclic) bond motifs is 5. The maximum atomic E-state index is 17.4. The molecule has 12 nitrogen and oxygen atoms in total. The maximum absolute atomic E-state index is 17.4. The van der Waals surface area contributed by atoms with E-state index >= 15 is 4.39 Å². The van der Waals surface area contributed by atoms with Crippen molar-refractivity contribution >= 4 is 54.1 Å². The van der Waals surface area contributed by atoms with Gasteiger partial charge in [0.15, 0.2) is 21.7 Å². The molecule has 3 aromatic rings. The molecule has 6 aliphatic heterocycles. The Morgan fingerprint density at radius 3 is 2.67 bits per heavy atom. The number of halogens is 3. The zero-order chi connectivity index (χ0) is 32.9. The van der Waals surface area contributed by atoms with Crippen LogP contribution < -0.4 is 20.7 Å². The van der Waals surface area contributed by atoms with Gasteiger partial charge < -0.3 is 25.4 Å². The molecule has 4 atom stereocenters. The second kappa shape index (κ2) is 11.1. The van der Waals surface area contributed by atoms with Crippen LogP contribution in [0.4, 0.5) is 24.1 Å². The van der Waals surface area contributed by atoms with Gasteiger partial charge in [0.1, 0.15) is 24.3 Å². The molecule has 8 heterocycles. The van der Waals surface area contributed by atoms with Crippen LogP contribution in [0.5, 0.6) is 6.01 Å². The number of rotatable bonds is 7. The van der Waals surface area contributed by atoms with Crippen LogP contribution in [0.15, 0.2) is 17.0 Å². The number of nitrogen functional groups attached to an aromatic ring is 1. The number of thiazole rings is 1. The first kappa shape index (κ1) is 30.8. The molecule has 0 radical (unpaired) electrons. The number of piperazine rings is 1. The van der Waals surface area contributed by atoms with E-state index in [1.807, 2.05) is 4.90 Å². The number of nitrogens with two attached hydrogens (primary N) is 1. The molecular formula is C31H35F3N8O4S2. The summed E-state index contributed by atoms with van der Waals surface area (Å²) >= 11 is 0.900. The number of benzene rings is 1. The van der Waals surface area contributed by atoms with Crippen molar-refractivity contribution in [2.45, 2.75) is 60.8 Å². The van der Waals surface area contributed by atoms with Gasteiger partial charge >= 0.3 is 6.01 Å². The predicted molar refractivity (Wildman–Crippen MR) is 173 cm³/mol. The van der Waals surface area contributed by atoms with E-state index < -0.39 is 39.1 Å². The van der Waals surface area contributed by atoms with E-state index in [0.717, 1.165) is 53.9 Å². The van der Waals surface area contributed by atoms with Crippen LogP contribution in [0.25, 0.3) is 21.7 Å². The smallest absolute Gasteiger partial charge is 0.319 e. The van der Waals surface area contributed by atoms with Gasteiger partial charge in [-0.1, -0.05) is 11.3 Å². The van der Waals surface area contributed by atoms with E-state index in [2.05, 4.69) is 20.2 Å². The molecule has 5 saturated heterocycles. The third-order valence-corrected chi connectivity index (χ3v) is 13.4. The first-order valence-electron chi connectivity index (χ1n) is 16.4. The van der Waals surface area contributed by atoms with Crippen molar-refractivity contribution in [1.82, 2.24) is 29.5 Å². The molecule has 9 rings (SSSR count). The number of hydrogen-bond acceptors (Lipinski definition) is 12. The summed E-state index contributed by atoms with van der Waals surface area (Å²) in [4.78, 5) is 17.1. The SMILES string of the molecule is Nc1nc2c(C3=C(F)c4nc(OC[C@@]56CCCN5C[C@H](F)C6)nc(N5CC6CCC(C5)N6)c4S(=O)(=O)N3CC3COC3)ccc(F)c2s1. The number of anilines is 2. The van der Waals surface area contributed by atoms with E-state index in [4.69, 9.17) is 20.2 Å². The van der Waals surface area contributed by atoms with Crippen LogP contribution >= 0.6 is 11.3 Å². The first-order valence-corrected chi connectivity index (χ1v) is 18.7. The topological polar surface area (TPSA) is 139 Å². The molecule has 1 aromatic carbocycles. The fourth-order valence-electron chi connectivity index (χ4n) is 8.40. The van der Waals surface area contributed by atoms with Gasteiger partial charge in [-0.15, -0.1) is 0 Å². The van der Waals surface area contributed by atoms with Gasteiger partial charge in [-0.2, -0.15) is 9.97 Å². The van der Waals surface area contributed by atoms with E-state index in [1.165, 1.54) is 6.07 Å². The second-order valence-electron chi connectivity index (χ2n) is 13.8. The van der Waals surface area contributed by atoms with Crippen molar-refractivity contribution in [1.29, 1.82) is 0 Å². The van der Waals surface area contributed by atoms with Crippen LogP contribution in [0.3, 0.4) is 0 Å². The van der Waals surface area contributed by atoms with Gasteiger partial charge in [0.05, 0.1) is 34.7 Å². The summed E-state index contributed by atoms with van der Waals surface area (Å²) in [6, 6.07) is 2.55. The molecule has 256 valence electrons. The molecule has 2 bridgehead atoms. The van der Waals surface area contributed by atoms with Gasteiger partial charge in [-0.3, -0.25) is 9.21 Å². The molecule has 0 aliphatic carbocycles. The van der Waals surface area contributed by atoms with Crippen LogP contribution in [0.1, 0.15) is 43.4 Å². The molecule has 0 saturated carbocycles. The molecule has 2 unspecified atom stereocenters. The molecule has 5 fully saturated rings. The minimum absolute atomic E-state index is 0.0584. The van der Waals surface area contributed by atoms with Crippen LogP contribution in [0, 0.1) is 11.7 Å². The van der Waals surface area contributed by atoms with Crippen molar-refractivity contribution < 1.29 is 31.1 Å². The molecule has 17 heteroatoms. The lowest BCUT2D eigenvalue weighted by Gasteiger charge is -2.39. The van der Waals surface area contributed by atoms with E-state index in [-0.39, 0.29) is 74.5 Å². The molecule has 6 aliphatic rings. The number of alkyl halides is 1. The Hall–Kier alpha value is -3.25. The summed E-state index contributed by atoms with van der Waals surface area (Å²) in [5.41, 5.74) is 4.85. The zero-order valence-electron chi connectivity index (χ0n) is 26.0. The highest BCUT2D eigenvalue weighted by molar-refractivity contribution is 7.89. The highest BCUT2D eigenvalue weighted by Crippen LogP contribution is 2.48. The van der Waals surface area contributed by atoms with E-state index in [0.29, 0.717) is 39.3 Å². The number of nitrogens with one attached hydrogen (secondary N) is 1. The van der Waals surface area contributed by atoms with Crippen LogP contribution in [-0.4, -0.2) is 109 Å². The van der Waals surface area contributed by atoms with E-state index in [1.54, 1.807) is 0 Å². The molecule has 48 heavy (non-hydrogen) atoms. The molecule has 3 N–H and O–H groups in total. The molecule has 2 aromatic heterocycles. The van der Waals surface area contributed by atoms with Crippen molar-refractivity contribution in [3.63, 3.8) is 0 Å². The van der Waals surface area contributed by atoms with Gasteiger partial charge in [0.2, 0.25) is 0 Å². The fourth-order valence-corrected chi connectivity index (χ4v) is 11.0. The zero-order valence-corrected chi connectivity index (χ0v) is 27.6. The molecule has 0 amide bonds. The van der Waals surface area contributed by atoms with Crippen molar-refractivity contribution in [2.75, 3.05) is 63.2 Å². The van der Waals surface area contributed by atoms with Crippen molar-refractivity contribution in [3.05, 3.63) is 29.2 Å². The van der Waals surface area contributed by atoms with Crippen molar-refractivity contribution in [3.8, 4) is 6.01 Å². The predicted octanol–water partition coefficient (Wildman–Crippen LogP) is 3.15. The number of ether oxygens (including phenoxy) is 2. The van der Waals surface area contributed by atoms with Crippen LogP contribution in [0.2, 0.25) is 0 Å². The second-order valence-corrected chi connectivity index (χ2v) is 16.7. The highest BCUT2D eigenvalue weighted by Gasteiger charge is 2.50.